The van der Waals surface area contributed by atoms with Crippen molar-refractivity contribution >= 4 is 5.97 Å². The SMILES string of the molecule is O=C(O)C1(c2ccccn2)CC2COC3(CCCC3)C2C1. The molecule has 1 aromatic heterocycles. The Morgan fingerprint density at radius 1 is 1.29 bits per heavy atom. The first kappa shape index (κ1) is 13.3. The molecule has 3 aliphatic rings. The minimum atomic E-state index is -0.810. The predicted molar refractivity (Wildman–Crippen MR) is 76.9 cm³/mol. The molecule has 0 aromatic carbocycles. The zero-order chi connectivity index (χ0) is 14.5. The molecule has 0 radical (unpaired) electrons. The molecular formula is C17H21NO3. The number of ether oxygens (including phenoxy) is 1. The van der Waals surface area contributed by atoms with E-state index in [2.05, 4.69) is 4.98 Å². The van der Waals surface area contributed by atoms with Crippen molar-refractivity contribution in [1.29, 1.82) is 0 Å². The van der Waals surface area contributed by atoms with Gasteiger partial charge in [-0.1, -0.05) is 18.9 Å². The number of pyridine rings is 1. The molecule has 4 rings (SSSR count). The summed E-state index contributed by atoms with van der Waals surface area (Å²) in [5.41, 5.74) is -0.118. The summed E-state index contributed by atoms with van der Waals surface area (Å²) < 4.78 is 6.16. The van der Waals surface area contributed by atoms with E-state index >= 15 is 0 Å². The van der Waals surface area contributed by atoms with Gasteiger partial charge in [0.2, 0.25) is 0 Å². The van der Waals surface area contributed by atoms with Crippen LogP contribution in [0.5, 0.6) is 0 Å². The van der Waals surface area contributed by atoms with E-state index in [1.807, 2.05) is 18.2 Å². The van der Waals surface area contributed by atoms with Crippen molar-refractivity contribution in [1.82, 2.24) is 4.98 Å². The van der Waals surface area contributed by atoms with Gasteiger partial charge in [0.25, 0.3) is 0 Å². The Labute approximate surface area is 124 Å². The first-order valence-electron chi connectivity index (χ1n) is 7.95. The lowest BCUT2D eigenvalue weighted by atomic mass is 9.77. The molecule has 1 N–H and O–H groups in total. The summed E-state index contributed by atoms with van der Waals surface area (Å²) in [4.78, 5) is 16.5. The first-order chi connectivity index (χ1) is 10.2. The van der Waals surface area contributed by atoms with Crippen molar-refractivity contribution in [2.75, 3.05) is 6.61 Å². The summed E-state index contributed by atoms with van der Waals surface area (Å²) in [5, 5.41) is 9.92. The van der Waals surface area contributed by atoms with Crippen LogP contribution in [-0.4, -0.2) is 28.3 Å². The van der Waals surface area contributed by atoms with E-state index in [9.17, 15) is 9.90 Å². The maximum atomic E-state index is 12.1. The third-order valence-corrected chi connectivity index (χ3v) is 6.02. The molecule has 1 aromatic rings. The van der Waals surface area contributed by atoms with Crippen molar-refractivity contribution in [3.05, 3.63) is 30.1 Å². The molecular weight excluding hydrogens is 266 g/mol. The summed E-state index contributed by atoms with van der Waals surface area (Å²) in [6, 6.07) is 5.61. The standard InChI is InChI=1S/C17H21NO3/c19-15(20)16(14-5-1-4-8-18-14)9-12-11-21-17(13(12)10-16)6-2-3-7-17/h1,4-5,8,12-13H,2-3,6-7,9-11H2,(H,19,20). The Bertz CT molecular complexity index is 552. The largest absolute Gasteiger partial charge is 0.481 e. The quantitative estimate of drug-likeness (QED) is 0.908. The molecule has 21 heavy (non-hydrogen) atoms. The van der Waals surface area contributed by atoms with Crippen LogP contribution in [0, 0.1) is 11.8 Å². The topological polar surface area (TPSA) is 59.4 Å². The molecule has 3 fully saturated rings. The van der Waals surface area contributed by atoms with Gasteiger partial charge in [0.1, 0.15) is 5.41 Å². The van der Waals surface area contributed by atoms with Crippen LogP contribution in [0.2, 0.25) is 0 Å². The van der Waals surface area contributed by atoms with Crippen LogP contribution in [-0.2, 0) is 14.9 Å². The summed E-state index contributed by atoms with van der Waals surface area (Å²) in [7, 11) is 0. The van der Waals surface area contributed by atoms with Gasteiger partial charge in [-0.05, 0) is 49.7 Å². The van der Waals surface area contributed by atoms with E-state index in [0.717, 1.165) is 25.1 Å². The minimum absolute atomic E-state index is 0.0311. The molecule has 2 heterocycles. The molecule has 0 bridgehead atoms. The second-order valence-corrected chi connectivity index (χ2v) is 6.96. The first-order valence-corrected chi connectivity index (χ1v) is 7.95. The molecule has 4 heteroatoms. The maximum absolute atomic E-state index is 12.1. The van der Waals surface area contributed by atoms with Gasteiger partial charge in [-0.15, -0.1) is 0 Å². The van der Waals surface area contributed by atoms with Crippen LogP contribution in [0.15, 0.2) is 24.4 Å². The highest BCUT2D eigenvalue weighted by molar-refractivity contribution is 5.81. The number of aromatic nitrogens is 1. The highest BCUT2D eigenvalue weighted by Gasteiger charge is 2.62. The van der Waals surface area contributed by atoms with Gasteiger partial charge < -0.3 is 9.84 Å². The van der Waals surface area contributed by atoms with Gasteiger partial charge in [0, 0.05) is 6.20 Å². The van der Waals surface area contributed by atoms with E-state index in [-0.39, 0.29) is 5.60 Å². The van der Waals surface area contributed by atoms with Crippen molar-refractivity contribution in [3.63, 3.8) is 0 Å². The summed E-state index contributed by atoms with van der Waals surface area (Å²) >= 11 is 0. The highest BCUT2D eigenvalue weighted by atomic mass is 16.5. The third-order valence-electron chi connectivity index (χ3n) is 6.02. The van der Waals surface area contributed by atoms with Gasteiger partial charge >= 0.3 is 5.97 Å². The number of carboxylic acids is 1. The monoisotopic (exact) mass is 287 g/mol. The van der Waals surface area contributed by atoms with E-state index in [4.69, 9.17) is 4.74 Å². The number of hydrogen-bond donors (Lipinski definition) is 1. The predicted octanol–water partition coefficient (Wildman–Crippen LogP) is 2.77. The van der Waals surface area contributed by atoms with Crippen LogP contribution >= 0.6 is 0 Å². The van der Waals surface area contributed by atoms with Crippen LogP contribution in [0.25, 0.3) is 0 Å². The van der Waals surface area contributed by atoms with Crippen LogP contribution in [0.4, 0.5) is 0 Å². The second kappa shape index (κ2) is 4.54. The fourth-order valence-electron chi connectivity index (χ4n) is 5.01. The Morgan fingerprint density at radius 3 is 2.76 bits per heavy atom. The molecule has 0 amide bonds. The lowest BCUT2D eigenvalue weighted by Crippen LogP contribution is -2.38. The lowest BCUT2D eigenvalue weighted by molar-refractivity contribution is -0.144. The van der Waals surface area contributed by atoms with Gasteiger partial charge in [-0.2, -0.15) is 0 Å². The third kappa shape index (κ3) is 1.78. The van der Waals surface area contributed by atoms with E-state index in [1.165, 1.54) is 12.8 Å². The number of carboxylic acid groups (broad SMARTS) is 1. The number of aliphatic carboxylic acids is 1. The zero-order valence-corrected chi connectivity index (χ0v) is 12.1. The summed E-state index contributed by atoms with van der Waals surface area (Å²) in [5.74, 6) is 0.0445. The van der Waals surface area contributed by atoms with Gasteiger partial charge in [-0.25, -0.2) is 0 Å². The molecule has 4 nitrogen and oxygen atoms in total. The minimum Gasteiger partial charge on any atom is -0.481 e. The molecule has 2 aliphatic carbocycles. The molecule has 1 spiro atoms. The molecule has 112 valence electrons. The van der Waals surface area contributed by atoms with Crippen molar-refractivity contribution in [2.24, 2.45) is 11.8 Å². The Kier molecular flexibility index (Phi) is 2.86. The number of carbonyl (C=O) groups is 1. The molecule has 1 saturated heterocycles. The summed E-state index contributed by atoms with van der Waals surface area (Å²) in [6.45, 7) is 0.729. The Hall–Kier alpha value is -1.42. The van der Waals surface area contributed by atoms with Gasteiger partial charge in [-0.3, -0.25) is 9.78 Å². The molecule has 1 aliphatic heterocycles. The van der Waals surface area contributed by atoms with Gasteiger partial charge in [0.15, 0.2) is 0 Å². The normalized spacial score (nSPS) is 37.0. The Balaban J connectivity index is 1.71. The average Bonchev–Trinajstić information content (AvgIpc) is 3.19. The van der Waals surface area contributed by atoms with Crippen molar-refractivity contribution in [3.8, 4) is 0 Å². The number of fused-ring (bicyclic) bond motifs is 2. The molecule has 2 saturated carbocycles. The smallest absolute Gasteiger partial charge is 0.315 e. The number of nitrogens with zero attached hydrogens (tertiary/aromatic N) is 1. The number of rotatable bonds is 2. The average molecular weight is 287 g/mol. The number of hydrogen-bond acceptors (Lipinski definition) is 3. The van der Waals surface area contributed by atoms with Crippen molar-refractivity contribution < 1.29 is 14.6 Å². The summed E-state index contributed by atoms with van der Waals surface area (Å²) in [6.07, 6.45) is 7.70. The zero-order valence-electron chi connectivity index (χ0n) is 12.1. The van der Waals surface area contributed by atoms with Gasteiger partial charge in [0.05, 0.1) is 17.9 Å². The van der Waals surface area contributed by atoms with Crippen LogP contribution in [0.3, 0.4) is 0 Å². The fourth-order valence-corrected chi connectivity index (χ4v) is 5.01. The van der Waals surface area contributed by atoms with E-state index < -0.39 is 11.4 Å². The maximum Gasteiger partial charge on any atom is 0.315 e. The highest BCUT2D eigenvalue weighted by Crippen LogP contribution is 2.59. The fraction of sp³-hybridized carbons (Fsp3) is 0.647. The van der Waals surface area contributed by atoms with E-state index in [1.54, 1.807) is 6.20 Å². The van der Waals surface area contributed by atoms with E-state index in [0.29, 0.717) is 24.7 Å². The lowest BCUT2D eigenvalue weighted by Gasteiger charge is -2.32. The molecule has 3 unspecified atom stereocenters. The molecule has 3 atom stereocenters. The Morgan fingerprint density at radius 2 is 2.10 bits per heavy atom. The van der Waals surface area contributed by atoms with Crippen LogP contribution in [0.1, 0.15) is 44.2 Å². The second-order valence-electron chi connectivity index (χ2n) is 6.96. The van der Waals surface area contributed by atoms with Crippen molar-refractivity contribution in [2.45, 2.75) is 49.5 Å². The van der Waals surface area contributed by atoms with Crippen LogP contribution < -0.4 is 0 Å².